The quantitative estimate of drug-likeness (QED) is 0.479. The molecule has 2 aromatic carbocycles. The number of aryl methyl sites for hydroxylation is 1. The number of hydrogen-bond acceptors (Lipinski definition) is 3. The highest BCUT2D eigenvalue weighted by atomic mass is 19.1. The van der Waals surface area contributed by atoms with E-state index in [0.29, 0.717) is 29.4 Å². The summed E-state index contributed by atoms with van der Waals surface area (Å²) in [5.74, 6) is -0.771. The first kappa shape index (κ1) is 21.4. The van der Waals surface area contributed by atoms with Crippen LogP contribution in [0.2, 0.25) is 0 Å². The highest BCUT2D eigenvalue weighted by Gasteiger charge is 2.27. The van der Waals surface area contributed by atoms with Crippen molar-refractivity contribution < 1.29 is 14.3 Å². The molecule has 5 rings (SSSR count). The van der Waals surface area contributed by atoms with E-state index in [0.717, 1.165) is 36.2 Å². The summed E-state index contributed by atoms with van der Waals surface area (Å²) in [6.45, 7) is 2.45. The first-order valence-corrected chi connectivity index (χ1v) is 11.4. The second-order valence-corrected chi connectivity index (χ2v) is 8.83. The van der Waals surface area contributed by atoms with Crippen molar-refractivity contribution in [3.8, 4) is 5.69 Å². The normalized spacial score (nSPS) is 18.5. The number of imidazole rings is 1. The van der Waals surface area contributed by atoms with Crippen molar-refractivity contribution >= 4 is 16.8 Å². The Bertz CT molecular complexity index is 1290. The number of carbonyl (C=O) groups is 1. The van der Waals surface area contributed by atoms with Crippen molar-refractivity contribution in [2.24, 2.45) is 0 Å². The maximum atomic E-state index is 14.8. The fraction of sp³-hybridized carbons (Fsp3) is 0.308. The lowest BCUT2D eigenvalue weighted by Gasteiger charge is -2.28. The Kier molecular flexibility index (Phi) is 5.72. The van der Waals surface area contributed by atoms with Crippen molar-refractivity contribution in [1.29, 1.82) is 0 Å². The SMILES string of the molecule is Cc1cn(-c2ccc(Cn3cc(C(=O)NC4CCCCC4O)c4c(F)cccc43)cc2)cn1. The van der Waals surface area contributed by atoms with Crippen molar-refractivity contribution in [3.63, 3.8) is 0 Å². The van der Waals surface area contributed by atoms with Crippen LogP contribution < -0.4 is 5.32 Å². The van der Waals surface area contributed by atoms with E-state index in [9.17, 15) is 14.3 Å². The molecule has 2 unspecified atom stereocenters. The van der Waals surface area contributed by atoms with Gasteiger partial charge in [0.2, 0.25) is 0 Å². The number of rotatable bonds is 5. The third-order valence-electron chi connectivity index (χ3n) is 6.45. The molecule has 1 fully saturated rings. The number of hydrogen-bond donors (Lipinski definition) is 2. The summed E-state index contributed by atoms with van der Waals surface area (Å²) in [5, 5.41) is 13.5. The highest BCUT2D eigenvalue weighted by Crippen LogP contribution is 2.27. The minimum atomic E-state index is -0.557. The molecule has 6 nitrogen and oxygen atoms in total. The zero-order valence-electron chi connectivity index (χ0n) is 18.5. The molecule has 2 aromatic heterocycles. The maximum absolute atomic E-state index is 14.8. The number of nitrogens with one attached hydrogen (secondary N) is 1. The number of aliphatic hydroxyl groups is 1. The summed E-state index contributed by atoms with van der Waals surface area (Å²) in [7, 11) is 0. The molecule has 2 N–H and O–H groups in total. The predicted molar refractivity (Wildman–Crippen MR) is 125 cm³/mol. The Morgan fingerprint density at radius 2 is 1.94 bits per heavy atom. The van der Waals surface area contributed by atoms with Crippen LogP contribution in [-0.2, 0) is 6.54 Å². The average Bonchev–Trinajstić information content (AvgIpc) is 3.41. The Morgan fingerprint density at radius 3 is 2.67 bits per heavy atom. The molecule has 2 atom stereocenters. The molecule has 4 aromatic rings. The molecular weight excluding hydrogens is 419 g/mol. The molecule has 0 radical (unpaired) electrons. The summed E-state index contributed by atoms with van der Waals surface area (Å²) in [5.41, 5.74) is 3.96. The molecule has 170 valence electrons. The number of amides is 1. The number of aliphatic hydroxyl groups excluding tert-OH is 1. The number of nitrogens with zero attached hydrogens (tertiary/aromatic N) is 3. The van der Waals surface area contributed by atoms with Gasteiger partial charge < -0.3 is 19.6 Å². The van der Waals surface area contributed by atoms with Gasteiger partial charge in [0.1, 0.15) is 5.82 Å². The topological polar surface area (TPSA) is 72.1 Å². The van der Waals surface area contributed by atoms with Crippen LogP contribution >= 0.6 is 0 Å². The summed E-state index contributed by atoms with van der Waals surface area (Å²) in [6, 6.07) is 12.6. The molecule has 33 heavy (non-hydrogen) atoms. The van der Waals surface area contributed by atoms with E-state index in [1.54, 1.807) is 18.6 Å². The van der Waals surface area contributed by atoms with Crippen LogP contribution in [0.15, 0.2) is 61.2 Å². The van der Waals surface area contributed by atoms with Gasteiger partial charge in [0, 0.05) is 30.0 Å². The van der Waals surface area contributed by atoms with Gasteiger partial charge in [-0.3, -0.25) is 4.79 Å². The molecule has 2 heterocycles. The number of aromatic nitrogens is 3. The Morgan fingerprint density at radius 1 is 1.15 bits per heavy atom. The zero-order chi connectivity index (χ0) is 22.9. The van der Waals surface area contributed by atoms with Gasteiger partial charge in [-0.15, -0.1) is 0 Å². The van der Waals surface area contributed by atoms with Crippen LogP contribution in [-0.4, -0.2) is 37.3 Å². The lowest BCUT2D eigenvalue weighted by molar-refractivity contribution is 0.0718. The molecular formula is C26H27FN4O2. The van der Waals surface area contributed by atoms with E-state index in [2.05, 4.69) is 10.3 Å². The van der Waals surface area contributed by atoms with E-state index in [-0.39, 0.29) is 11.9 Å². The van der Waals surface area contributed by atoms with Gasteiger partial charge in [-0.2, -0.15) is 0 Å². The molecule has 0 bridgehead atoms. The van der Waals surface area contributed by atoms with Crippen molar-refractivity contribution in [3.05, 3.63) is 83.8 Å². The van der Waals surface area contributed by atoms with Crippen LogP contribution in [0.5, 0.6) is 0 Å². The van der Waals surface area contributed by atoms with E-state index >= 15 is 0 Å². The van der Waals surface area contributed by atoms with Crippen LogP contribution in [0, 0.1) is 12.7 Å². The Labute approximate surface area is 191 Å². The Hall–Kier alpha value is -3.45. The number of halogens is 1. The van der Waals surface area contributed by atoms with Crippen LogP contribution in [0.3, 0.4) is 0 Å². The van der Waals surface area contributed by atoms with Crippen LogP contribution in [0.4, 0.5) is 4.39 Å². The predicted octanol–water partition coefficient (Wildman–Crippen LogP) is 4.36. The van der Waals surface area contributed by atoms with Crippen LogP contribution in [0.1, 0.15) is 47.3 Å². The molecule has 1 aliphatic carbocycles. The summed E-state index contributed by atoms with van der Waals surface area (Å²) in [4.78, 5) is 17.3. The number of carbonyl (C=O) groups excluding carboxylic acids is 1. The van der Waals surface area contributed by atoms with Gasteiger partial charge in [0.25, 0.3) is 5.91 Å². The van der Waals surface area contributed by atoms with Gasteiger partial charge in [-0.1, -0.05) is 31.0 Å². The molecule has 1 amide bonds. The molecule has 0 saturated heterocycles. The molecule has 1 saturated carbocycles. The standard InChI is InChI=1S/C26H27FN4O2/c1-17-13-31(16-28-17)19-11-9-18(10-12-19)14-30-15-20(25-21(27)5-4-7-23(25)30)26(33)29-22-6-2-3-8-24(22)32/h4-5,7,9-13,15-16,22,24,32H,2-3,6,8,14H2,1H3,(H,29,33). The van der Waals surface area contributed by atoms with Gasteiger partial charge in [0.15, 0.2) is 0 Å². The lowest BCUT2D eigenvalue weighted by Crippen LogP contribution is -2.45. The second-order valence-electron chi connectivity index (χ2n) is 8.83. The number of benzene rings is 2. The third kappa shape index (κ3) is 4.28. The Balaban J connectivity index is 1.43. The fourth-order valence-electron chi connectivity index (χ4n) is 4.67. The molecule has 7 heteroatoms. The minimum Gasteiger partial charge on any atom is -0.391 e. The van der Waals surface area contributed by atoms with E-state index in [1.807, 2.05) is 52.6 Å². The minimum absolute atomic E-state index is 0.296. The zero-order valence-corrected chi connectivity index (χ0v) is 18.5. The van der Waals surface area contributed by atoms with Gasteiger partial charge in [-0.05, 0) is 49.6 Å². The van der Waals surface area contributed by atoms with Crippen LogP contribution in [0.25, 0.3) is 16.6 Å². The number of fused-ring (bicyclic) bond motifs is 1. The summed E-state index contributed by atoms with van der Waals surface area (Å²) in [6.07, 6.45) is 8.23. The van der Waals surface area contributed by atoms with E-state index < -0.39 is 11.9 Å². The van der Waals surface area contributed by atoms with Gasteiger partial charge in [-0.25, -0.2) is 9.37 Å². The van der Waals surface area contributed by atoms with Crippen molar-refractivity contribution in [2.45, 2.75) is 51.3 Å². The first-order valence-electron chi connectivity index (χ1n) is 11.4. The summed E-state index contributed by atoms with van der Waals surface area (Å²) < 4.78 is 18.7. The average molecular weight is 447 g/mol. The fourth-order valence-corrected chi connectivity index (χ4v) is 4.67. The largest absolute Gasteiger partial charge is 0.391 e. The van der Waals surface area contributed by atoms with E-state index in [4.69, 9.17) is 0 Å². The third-order valence-corrected chi connectivity index (χ3v) is 6.45. The molecule has 0 aliphatic heterocycles. The smallest absolute Gasteiger partial charge is 0.253 e. The molecule has 1 aliphatic rings. The monoisotopic (exact) mass is 446 g/mol. The van der Waals surface area contributed by atoms with Crippen molar-refractivity contribution in [1.82, 2.24) is 19.4 Å². The first-order chi connectivity index (χ1) is 16.0. The van der Waals surface area contributed by atoms with E-state index in [1.165, 1.54) is 6.07 Å². The highest BCUT2D eigenvalue weighted by molar-refractivity contribution is 6.07. The maximum Gasteiger partial charge on any atom is 0.253 e. The lowest BCUT2D eigenvalue weighted by atomic mass is 9.92. The summed E-state index contributed by atoms with van der Waals surface area (Å²) >= 11 is 0. The van der Waals surface area contributed by atoms with Gasteiger partial charge in [0.05, 0.1) is 35.2 Å². The molecule has 0 spiro atoms. The van der Waals surface area contributed by atoms with Gasteiger partial charge >= 0.3 is 0 Å². The van der Waals surface area contributed by atoms with Crippen molar-refractivity contribution in [2.75, 3.05) is 0 Å². The second kappa shape index (κ2) is 8.83.